The first-order valence-electron chi connectivity index (χ1n) is 6.51. The van der Waals surface area contributed by atoms with E-state index in [0.29, 0.717) is 17.2 Å². The van der Waals surface area contributed by atoms with Crippen LogP contribution < -0.4 is 0 Å². The summed E-state index contributed by atoms with van der Waals surface area (Å²) in [5.41, 5.74) is 1.45. The molecule has 0 aromatic heterocycles. The van der Waals surface area contributed by atoms with Crippen LogP contribution in [0.4, 0.5) is 0 Å². The summed E-state index contributed by atoms with van der Waals surface area (Å²) in [5, 5.41) is 9.92. The van der Waals surface area contributed by atoms with Crippen LogP contribution in [0.3, 0.4) is 0 Å². The maximum atomic E-state index is 9.92. The largest absolute Gasteiger partial charge is 0.508 e. The lowest BCUT2D eigenvalue weighted by Gasteiger charge is -2.41. The van der Waals surface area contributed by atoms with E-state index < -0.39 is 0 Å². The van der Waals surface area contributed by atoms with Crippen LogP contribution in [-0.2, 0) is 0 Å². The highest BCUT2D eigenvalue weighted by Gasteiger charge is 2.29. The van der Waals surface area contributed by atoms with Crippen molar-refractivity contribution in [3.63, 3.8) is 0 Å². The van der Waals surface area contributed by atoms with Gasteiger partial charge in [-0.1, -0.05) is 32.0 Å². The van der Waals surface area contributed by atoms with Crippen LogP contribution >= 0.6 is 0 Å². The first kappa shape index (κ1) is 12.4. The van der Waals surface area contributed by atoms with Crippen molar-refractivity contribution in [2.45, 2.75) is 39.7 Å². The highest BCUT2D eigenvalue weighted by molar-refractivity contribution is 5.34. The van der Waals surface area contributed by atoms with Crippen molar-refractivity contribution in [2.24, 2.45) is 5.41 Å². The Balaban J connectivity index is 2.15. The molecule has 0 aliphatic carbocycles. The zero-order valence-corrected chi connectivity index (χ0v) is 11.1. The van der Waals surface area contributed by atoms with Gasteiger partial charge in [-0.15, -0.1) is 0 Å². The molecule has 1 aromatic carbocycles. The van der Waals surface area contributed by atoms with Gasteiger partial charge in [-0.2, -0.15) is 0 Å². The molecule has 2 heteroatoms. The van der Waals surface area contributed by atoms with Crippen molar-refractivity contribution >= 4 is 0 Å². The van der Waals surface area contributed by atoms with Crippen LogP contribution in [0.2, 0.25) is 0 Å². The number of hydrogen-bond donors (Lipinski definition) is 1. The molecular weight excluding hydrogens is 210 g/mol. The minimum atomic E-state index is 0.302. The van der Waals surface area contributed by atoms with E-state index in [1.165, 1.54) is 12.8 Å². The van der Waals surface area contributed by atoms with Gasteiger partial charge in [0.15, 0.2) is 0 Å². The van der Waals surface area contributed by atoms with Gasteiger partial charge in [-0.3, -0.25) is 4.90 Å². The number of phenolic OH excluding ortho intramolecular Hbond substituents is 1. The molecule has 2 rings (SSSR count). The Bertz CT molecular complexity index is 386. The first-order valence-corrected chi connectivity index (χ1v) is 6.51. The second-order valence-corrected chi connectivity index (χ2v) is 5.97. The zero-order chi connectivity index (χ0) is 12.5. The quantitative estimate of drug-likeness (QED) is 0.844. The summed E-state index contributed by atoms with van der Waals surface area (Å²) < 4.78 is 0. The summed E-state index contributed by atoms with van der Waals surface area (Å²) in [6.07, 6.45) is 2.56. The van der Waals surface area contributed by atoms with E-state index in [0.717, 1.165) is 18.7 Å². The molecule has 1 aliphatic rings. The van der Waals surface area contributed by atoms with Crippen LogP contribution in [-0.4, -0.2) is 23.1 Å². The Morgan fingerprint density at radius 2 is 2.00 bits per heavy atom. The smallest absolute Gasteiger partial charge is 0.120 e. The summed E-state index contributed by atoms with van der Waals surface area (Å²) in [6.45, 7) is 9.10. The Labute approximate surface area is 104 Å². The third-order valence-electron chi connectivity index (χ3n) is 3.86. The molecule has 0 radical (unpaired) electrons. The molecular formula is C15H23NO. The fraction of sp³-hybridized carbons (Fsp3) is 0.600. The normalized spacial score (nSPS) is 22.3. The number of rotatable bonds is 2. The fourth-order valence-corrected chi connectivity index (χ4v) is 2.84. The Kier molecular flexibility index (Phi) is 3.43. The van der Waals surface area contributed by atoms with Gasteiger partial charge >= 0.3 is 0 Å². The van der Waals surface area contributed by atoms with Crippen molar-refractivity contribution in [1.29, 1.82) is 0 Å². The molecule has 1 saturated heterocycles. The molecule has 1 unspecified atom stereocenters. The zero-order valence-electron chi connectivity index (χ0n) is 11.1. The monoisotopic (exact) mass is 233 g/mol. The summed E-state index contributed by atoms with van der Waals surface area (Å²) >= 11 is 0. The maximum absolute atomic E-state index is 9.92. The average molecular weight is 233 g/mol. The predicted molar refractivity (Wildman–Crippen MR) is 71.1 cm³/mol. The lowest BCUT2D eigenvalue weighted by Crippen LogP contribution is -2.41. The molecule has 0 amide bonds. The topological polar surface area (TPSA) is 23.5 Å². The molecule has 1 N–H and O–H groups in total. The van der Waals surface area contributed by atoms with Crippen LogP contribution in [0.5, 0.6) is 5.75 Å². The molecule has 0 bridgehead atoms. The van der Waals surface area contributed by atoms with Crippen LogP contribution in [0, 0.1) is 5.41 Å². The SMILES string of the molecule is CC(c1ccccc1O)N1CCCC(C)(C)C1. The maximum Gasteiger partial charge on any atom is 0.120 e. The number of piperidine rings is 1. The van der Waals surface area contributed by atoms with E-state index in [-0.39, 0.29) is 0 Å². The van der Waals surface area contributed by atoms with Crippen LogP contribution in [0.25, 0.3) is 0 Å². The number of aromatic hydroxyl groups is 1. The number of para-hydroxylation sites is 1. The Morgan fingerprint density at radius 3 is 2.65 bits per heavy atom. The van der Waals surface area contributed by atoms with E-state index in [4.69, 9.17) is 0 Å². The molecule has 1 aromatic rings. The van der Waals surface area contributed by atoms with Gasteiger partial charge in [0.05, 0.1) is 0 Å². The van der Waals surface area contributed by atoms with E-state index in [1.54, 1.807) is 6.07 Å². The van der Waals surface area contributed by atoms with Crippen molar-refractivity contribution in [1.82, 2.24) is 4.90 Å². The highest BCUT2D eigenvalue weighted by atomic mass is 16.3. The standard InChI is InChI=1S/C15H23NO/c1-12(13-7-4-5-8-14(13)17)16-10-6-9-15(2,3)11-16/h4-5,7-8,12,17H,6,9-11H2,1-3H3. The summed E-state index contributed by atoms with van der Waals surface area (Å²) in [7, 11) is 0. The lowest BCUT2D eigenvalue weighted by atomic mass is 9.83. The molecule has 0 saturated carbocycles. The summed E-state index contributed by atoms with van der Waals surface area (Å²) in [6, 6.07) is 7.99. The molecule has 94 valence electrons. The molecule has 1 heterocycles. The van der Waals surface area contributed by atoms with E-state index in [2.05, 4.69) is 25.7 Å². The predicted octanol–water partition coefficient (Wildman–Crippen LogP) is 3.58. The first-order chi connectivity index (χ1) is 7.99. The van der Waals surface area contributed by atoms with Gasteiger partial charge < -0.3 is 5.11 Å². The van der Waals surface area contributed by atoms with Crippen LogP contribution in [0.15, 0.2) is 24.3 Å². The van der Waals surface area contributed by atoms with E-state index >= 15 is 0 Å². The number of hydrogen-bond acceptors (Lipinski definition) is 2. The number of likely N-dealkylation sites (tertiary alicyclic amines) is 1. The third-order valence-corrected chi connectivity index (χ3v) is 3.86. The lowest BCUT2D eigenvalue weighted by molar-refractivity contribution is 0.0836. The van der Waals surface area contributed by atoms with Gasteiger partial charge in [-0.05, 0) is 37.8 Å². The average Bonchev–Trinajstić information content (AvgIpc) is 2.27. The molecule has 1 fully saturated rings. The van der Waals surface area contributed by atoms with Crippen molar-refractivity contribution in [3.8, 4) is 5.75 Å². The van der Waals surface area contributed by atoms with Crippen LogP contribution in [0.1, 0.15) is 45.2 Å². The minimum absolute atomic E-state index is 0.302. The Morgan fingerprint density at radius 1 is 1.29 bits per heavy atom. The second kappa shape index (κ2) is 4.69. The highest BCUT2D eigenvalue weighted by Crippen LogP contribution is 2.35. The molecule has 1 aliphatic heterocycles. The number of phenols is 1. The van der Waals surface area contributed by atoms with E-state index in [9.17, 15) is 5.11 Å². The Hall–Kier alpha value is -1.02. The molecule has 0 spiro atoms. The van der Waals surface area contributed by atoms with Gasteiger partial charge in [0.1, 0.15) is 5.75 Å². The summed E-state index contributed by atoms with van der Waals surface area (Å²) in [5.74, 6) is 0.420. The van der Waals surface area contributed by atoms with Gasteiger partial charge in [0.25, 0.3) is 0 Å². The summed E-state index contributed by atoms with van der Waals surface area (Å²) in [4.78, 5) is 2.48. The third kappa shape index (κ3) is 2.81. The fourth-order valence-electron chi connectivity index (χ4n) is 2.84. The van der Waals surface area contributed by atoms with Gasteiger partial charge in [0, 0.05) is 18.2 Å². The van der Waals surface area contributed by atoms with Crippen molar-refractivity contribution < 1.29 is 5.11 Å². The van der Waals surface area contributed by atoms with Crippen molar-refractivity contribution in [3.05, 3.63) is 29.8 Å². The molecule has 2 nitrogen and oxygen atoms in total. The molecule has 1 atom stereocenters. The molecule has 17 heavy (non-hydrogen) atoms. The van der Waals surface area contributed by atoms with E-state index in [1.807, 2.05) is 18.2 Å². The number of benzene rings is 1. The second-order valence-electron chi connectivity index (χ2n) is 5.97. The van der Waals surface area contributed by atoms with Gasteiger partial charge in [0.2, 0.25) is 0 Å². The minimum Gasteiger partial charge on any atom is -0.508 e. The van der Waals surface area contributed by atoms with Gasteiger partial charge in [-0.25, -0.2) is 0 Å². The number of nitrogens with zero attached hydrogens (tertiary/aromatic N) is 1. The van der Waals surface area contributed by atoms with Crippen molar-refractivity contribution in [2.75, 3.05) is 13.1 Å².